The summed E-state index contributed by atoms with van der Waals surface area (Å²) in [6.07, 6.45) is 1.86. The molecule has 2 N–H and O–H groups in total. The Morgan fingerprint density at radius 3 is 2.52 bits per heavy atom. The summed E-state index contributed by atoms with van der Waals surface area (Å²) >= 11 is 0. The van der Waals surface area contributed by atoms with Gasteiger partial charge in [0.1, 0.15) is 16.4 Å². The van der Waals surface area contributed by atoms with Gasteiger partial charge in [0, 0.05) is 12.6 Å². The molecule has 1 fully saturated rings. The SMILES string of the molecule is COc1ccc(OC)c(S(=O)(=O)NCC(C)(O)C2CC2)c1. The van der Waals surface area contributed by atoms with Gasteiger partial charge in [0.25, 0.3) is 0 Å². The number of sulfonamides is 1. The third-order valence-electron chi connectivity index (χ3n) is 3.74. The van der Waals surface area contributed by atoms with Gasteiger partial charge in [-0.25, -0.2) is 13.1 Å². The molecule has 1 atom stereocenters. The molecule has 0 spiro atoms. The Morgan fingerprint density at radius 1 is 1.33 bits per heavy atom. The average Bonchev–Trinajstić information content (AvgIpc) is 3.30. The van der Waals surface area contributed by atoms with E-state index in [2.05, 4.69) is 4.72 Å². The summed E-state index contributed by atoms with van der Waals surface area (Å²) in [5, 5.41) is 10.2. The molecule has 1 aliphatic rings. The van der Waals surface area contributed by atoms with Gasteiger partial charge in [-0.05, 0) is 37.8 Å². The highest BCUT2D eigenvalue weighted by Gasteiger charge is 2.40. The summed E-state index contributed by atoms with van der Waals surface area (Å²) < 4.78 is 37.4. The van der Waals surface area contributed by atoms with E-state index in [0.717, 1.165) is 12.8 Å². The topological polar surface area (TPSA) is 84.9 Å². The molecule has 0 bridgehead atoms. The van der Waals surface area contributed by atoms with Gasteiger partial charge in [-0.3, -0.25) is 0 Å². The molecule has 1 aromatic rings. The number of benzene rings is 1. The van der Waals surface area contributed by atoms with E-state index >= 15 is 0 Å². The Morgan fingerprint density at radius 2 is 2.00 bits per heavy atom. The van der Waals surface area contributed by atoms with Crippen LogP contribution in [0.3, 0.4) is 0 Å². The maximum absolute atomic E-state index is 12.4. The first kappa shape index (κ1) is 16.1. The molecule has 6 nitrogen and oxygen atoms in total. The van der Waals surface area contributed by atoms with Crippen LogP contribution in [-0.4, -0.2) is 39.9 Å². The van der Waals surface area contributed by atoms with Crippen molar-refractivity contribution in [1.82, 2.24) is 4.72 Å². The number of aliphatic hydroxyl groups is 1. The van der Waals surface area contributed by atoms with Crippen molar-refractivity contribution in [2.75, 3.05) is 20.8 Å². The fraction of sp³-hybridized carbons (Fsp3) is 0.571. The quantitative estimate of drug-likeness (QED) is 0.788. The number of rotatable bonds is 7. The van der Waals surface area contributed by atoms with Crippen LogP contribution in [-0.2, 0) is 10.0 Å². The Kier molecular flexibility index (Phi) is 4.46. The lowest BCUT2D eigenvalue weighted by atomic mass is 10.0. The fourth-order valence-corrected chi connectivity index (χ4v) is 3.49. The van der Waals surface area contributed by atoms with Crippen LogP contribution in [0.4, 0.5) is 0 Å². The minimum absolute atomic E-state index is 0.00375. The van der Waals surface area contributed by atoms with Crippen molar-refractivity contribution in [2.45, 2.75) is 30.3 Å². The van der Waals surface area contributed by atoms with Gasteiger partial charge in [0.05, 0.1) is 19.8 Å². The molecule has 0 heterocycles. The van der Waals surface area contributed by atoms with E-state index in [-0.39, 0.29) is 23.1 Å². The summed E-state index contributed by atoms with van der Waals surface area (Å²) in [4.78, 5) is -0.00375. The van der Waals surface area contributed by atoms with Gasteiger partial charge in [0.15, 0.2) is 0 Å². The van der Waals surface area contributed by atoms with E-state index in [9.17, 15) is 13.5 Å². The predicted molar refractivity (Wildman–Crippen MR) is 78.1 cm³/mol. The summed E-state index contributed by atoms with van der Waals surface area (Å²) in [5.74, 6) is 0.812. The summed E-state index contributed by atoms with van der Waals surface area (Å²) in [7, 11) is -0.924. The van der Waals surface area contributed by atoms with Gasteiger partial charge < -0.3 is 14.6 Å². The third kappa shape index (κ3) is 3.66. The highest BCUT2D eigenvalue weighted by Crippen LogP contribution is 2.39. The monoisotopic (exact) mass is 315 g/mol. The molecule has 0 radical (unpaired) electrons. The predicted octanol–water partition coefficient (Wildman–Crippen LogP) is 1.14. The zero-order valence-corrected chi connectivity index (χ0v) is 13.2. The molecular formula is C14H21NO5S. The number of hydrogen-bond acceptors (Lipinski definition) is 5. The van der Waals surface area contributed by atoms with E-state index in [0.29, 0.717) is 5.75 Å². The standard InChI is InChI=1S/C14H21NO5S/c1-14(16,10-4-5-10)9-15-21(17,18)13-8-11(19-2)6-7-12(13)20-3/h6-8,10,15-16H,4-5,9H2,1-3H3. The van der Waals surface area contributed by atoms with Crippen LogP contribution in [0, 0.1) is 5.92 Å². The van der Waals surface area contributed by atoms with Gasteiger partial charge >= 0.3 is 0 Å². The second-order valence-electron chi connectivity index (χ2n) is 5.47. The van der Waals surface area contributed by atoms with Crippen molar-refractivity contribution in [1.29, 1.82) is 0 Å². The molecule has 0 aromatic heterocycles. The van der Waals surface area contributed by atoms with Gasteiger partial charge in [-0.2, -0.15) is 0 Å². The Labute approximate surface area is 125 Å². The van der Waals surface area contributed by atoms with E-state index in [1.807, 2.05) is 0 Å². The number of ether oxygens (including phenoxy) is 2. The van der Waals surface area contributed by atoms with Gasteiger partial charge in [-0.15, -0.1) is 0 Å². The number of hydrogen-bond donors (Lipinski definition) is 2. The minimum Gasteiger partial charge on any atom is -0.497 e. The van der Waals surface area contributed by atoms with E-state index in [1.54, 1.807) is 13.0 Å². The molecule has 7 heteroatoms. The minimum atomic E-state index is -3.79. The third-order valence-corrected chi connectivity index (χ3v) is 5.16. The Hall–Kier alpha value is -1.31. The van der Waals surface area contributed by atoms with Crippen LogP contribution in [0.5, 0.6) is 11.5 Å². The fourth-order valence-electron chi connectivity index (χ4n) is 2.16. The lowest BCUT2D eigenvalue weighted by molar-refractivity contribution is 0.0422. The normalized spacial score (nSPS) is 18.1. The Bertz CT molecular complexity index is 608. The van der Waals surface area contributed by atoms with Crippen molar-refractivity contribution in [3.05, 3.63) is 18.2 Å². The highest BCUT2D eigenvalue weighted by atomic mass is 32.2. The molecule has 21 heavy (non-hydrogen) atoms. The maximum atomic E-state index is 12.4. The van der Waals surface area contributed by atoms with Crippen molar-refractivity contribution in [3.63, 3.8) is 0 Å². The molecule has 0 saturated heterocycles. The smallest absolute Gasteiger partial charge is 0.244 e. The van der Waals surface area contributed by atoms with Crippen LogP contribution in [0.2, 0.25) is 0 Å². The molecule has 0 aliphatic heterocycles. The second-order valence-corrected chi connectivity index (χ2v) is 7.21. The van der Waals surface area contributed by atoms with Crippen molar-refractivity contribution in [2.24, 2.45) is 5.92 Å². The molecule has 118 valence electrons. The summed E-state index contributed by atoms with van der Waals surface area (Å²) in [5.41, 5.74) is -1.03. The molecule has 1 saturated carbocycles. The average molecular weight is 315 g/mol. The van der Waals surface area contributed by atoms with Crippen molar-refractivity contribution < 1.29 is 23.0 Å². The Balaban J connectivity index is 2.22. The molecular weight excluding hydrogens is 294 g/mol. The molecule has 0 amide bonds. The van der Waals surface area contributed by atoms with Crippen LogP contribution in [0.25, 0.3) is 0 Å². The first-order valence-electron chi connectivity index (χ1n) is 6.74. The molecule has 2 rings (SSSR count). The van der Waals surface area contributed by atoms with Crippen LogP contribution in [0.1, 0.15) is 19.8 Å². The largest absolute Gasteiger partial charge is 0.497 e. The zero-order chi connectivity index (χ0) is 15.7. The van der Waals surface area contributed by atoms with E-state index < -0.39 is 15.6 Å². The highest BCUT2D eigenvalue weighted by molar-refractivity contribution is 7.89. The lowest BCUT2D eigenvalue weighted by Gasteiger charge is -2.23. The van der Waals surface area contributed by atoms with Crippen molar-refractivity contribution in [3.8, 4) is 11.5 Å². The van der Waals surface area contributed by atoms with E-state index in [1.165, 1.54) is 26.4 Å². The summed E-state index contributed by atoms with van der Waals surface area (Å²) in [6.45, 7) is 1.62. The first-order chi connectivity index (χ1) is 9.80. The molecule has 1 aromatic carbocycles. The number of methoxy groups -OCH3 is 2. The lowest BCUT2D eigenvalue weighted by Crippen LogP contribution is -2.42. The van der Waals surface area contributed by atoms with Crippen LogP contribution < -0.4 is 14.2 Å². The van der Waals surface area contributed by atoms with Crippen LogP contribution in [0.15, 0.2) is 23.1 Å². The number of nitrogens with one attached hydrogen (secondary N) is 1. The first-order valence-corrected chi connectivity index (χ1v) is 8.22. The molecule has 1 aliphatic carbocycles. The summed E-state index contributed by atoms with van der Waals surface area (Å²) in [6, 6.07) is 4.55. The van der Waals surface area contributed by atoms with Crippen molar-refractivity contribution >= 4 is 10.0 Å². The van der Waals surface area contributed by atoms with Gasteiger partial charge in [-0.1, -0.05) is 0 Å². The maximum Gasteiger partial charge on any atom is 0.244 e. The van der Waals surface area contributed by atoms with Crippen LogP contribution >= 0.6 is 0 Å². The van der Waals surface area contributed by atoms with Gasteiger partial charge in [0.2, 0.25) is 10.0 Å². The molecule has 1 unspecified atom stereocenters. The second kappa shape index (κ2) is 5.82. The van der Waals surface area contributed by atoms with E-state index in [4.69, 9.17) is 9.47 Å². The zero-order valence-electron chi connectivity index (χ0n) is 12.4.